The van der Waals surface area contributed by atoms with Crippen molar-refractivity contribution in [2.24, 2.45) is 0 Å². The van der Waals surface area contributed by atoms with Gasteiger partial charge in [0.15, 0.2) is 0 Å². The minimum Gasteiger partial charge on any atom is -0.497 e. The summed E-state index contributed by atoms with van der Waals surface area (Å²) in [6.45, 7) is 0. The lowest BCUT2D eigenvalue weighted by Gasteiger charge is -2.20. The Morgan fingerprint density at radius 3 is 2.68 bits per heavy atom. The van der Waals surface area contributed by atoms with E-state index in [4.69, 9.17) is 4.74 Å². The van der Waals surface area contributed by atoms with Crippen LogP contribution in [0.4, 0.5) is 0 Å². The number of amides is 1. The van der Waals surface area contributed by atoms with Crippen molar-refractivity contribution in [3.8, 4) is 5.75 Å². The Hall–Kier alpha value is -3.12. The SMILES string of the molecule is COc1ccc(Br)c(C(=O)NC(c2ccccc2)c2ccc3nc[nH]c3c2)c1. The number of nitrogens with zero attached hydrogens (tertiary/aromatic N) is 1. The van der Waals surface area contributed by atoms with Crippen LogP contribution in [0.25, 0.3) is 11.0 Å². The van der Waals surface area contributed by atoms with Crippen LogP contribution in [0.1, 0.15) is 27.5 Å². The van der Waals surface area contributed by atoms with Crippen molar-refractivity contribution < 1.29 is 9.53 Å². The highest BCUT2D eigenvalue weighted by Crippen LogP contribution is 2.27. The quantitative estimate of drug-likeness (QED) is 0.470. The van der Waals surface area contributed by atoms with Crippen LogP contribution >= 0.6 is 15.9 Å². The average molecular weight is 436 g/mol. The van der Waals surface area contributed by atoms with Crippen molar-refractivity contribution in [2.45, 2.75) is 6.04 Å². The third kappa shape index (κ3) is 3.64. The number of benzene rings is 3. The van der Waals surface area contributed by atoms with Crippen molar-refractivity contribution >= 4 is 32.9 Å². The summed E-state index contributed by atoms with van der Waals surface area (Å²) >= 11 is 3.46. The molecular weight excluding hydrogens is 418 g/mol. The molecule has 0 aliphatic rings. The van der Waals surface area contributed by atoms with Gasteiger partial charge in [0.25, 0.3) is 5.91 Å². The monoisotopic (exact) mass is 435 g/mol. The van der Waals surface area contributed by atoms with Gasteiger partial charge < -0.3 is 15.0 Å². The fourth-order valence-corrected chi connectivity index (χ4v) is 3.58. The van der Waals surface area contributed by atoms with Gasteiger partial charge in [-0.15, -0.1) is 0 Å². The number of aromatic amines is 1. The second kappa shape index (κ2) is 7.86. The molecule has 0 aliphatic carbocycles. The molecule has 0 fully saturated rings. The normalized spacial score (nSPS) is 11.9. The van der Waals surface area contributed by atoms with Crippen LogP contribution in [0.3, 0.4) is 0 Å². The standard InChI is InChI=1S/C22H18BrN3O2/c1-28-16-8-9-18(23)17(12-16)22(27)26-21(14-5-3-2-4-6-14)15-7-10-19-20(11-15)25-13-24-19/h2-13,21H,1H3,(H,24,25)(H,26,27). The molecule has 140 valence electrons. The molecule has 0 bridgehead atoms. The molecule has 2 N–H and O–H groups in total. The smallest absolute Gasteiger partial charge is 0.253 e. The summed E-state index contributed by atoms with van der Waals surface area (Å²) < 4.78 is 5.97. The van der Waals surface area contributed by atoms with E-state index in [0.717, 1.165) is 22.2 Å². The molecule has 1 aromatic heterocycles. The van der Waals surface area contributed by atoms with Gasteiger partial charge in [-0.2, -0.15) is 0 Å². The van der Waals surface area contributed by atoms with Gasteiger partial charge in [-0.05, 0) is 57.4 Å². The molecule has 5 nitrogen and oxygen atoms in total. The number of halogens is 1. The molecular formula is C22H18BrN3O2. The molecule has 3 aromatic carbocycles. The number of imidazole rings is 1. The number of aromatic nitrogens is 2. The van der Waals surface area contributed by atoms with Gasteiger partial charge >= 0.3 is 0 Å². The van der Waals surface area contributed by atoms with Gasteiger partial charge in [0, 0.05) is 4.47 Å². The molecule has 1 unspecified atom stereocenters. The third-order valence-corrected chi connectivity index (χ3v) is 5.30. The largest absolute Gasteiger partial charge is 0.497 e. The van der Waals surface area contributed by atoms with Crippen LogP contribution in [0, 0.1) is 0 Å². The first-order chi connectivity index (χ1) is 13.7. The van der Waals surface area contributed by atoms with Crippen LogP contribution < -0.4 is 10.1 Å². The summed E-state index contributed by atoms with van der Waals surface area (Å²) in [6.07, 6.45) is 1.66. The number of carbonyl (C=O) groups excluding carboxylic acids is 1. The molecule has 0 saturated carbocycles. The molecule has 28 heavy (non-hydrogen) atoms. The fraction of sp³-hybridized carbons (Fsp3) is 0.0909. The number of hydrogen-bond donors (Lipinski definition) is 2. The minimum absolute atomic E-state index is 0.190. The van der Waals surface area contributed by atoms with E-state index >= 15 is 0 Å². The van der Waals surface area contributed by atoms with Crippen molar-refractivity contribution in [1.29, 1.82) is 0 Å². The molecule has 4 rings (SSSR count). The molecule has 1 atom stereocenters. The molecule has 4 aromatic rings. The van der Waals surface area contributed by atoms with E-state index in [1.165, 1.54) is 0 Å². The summed E-state index contributed by atoms with van der Waals surface area (Å²) in [7, 11) is 1.58. The van der Waals surface area contributed by atoms with Crippen molar-refractivity contribution in [2.75, 3.05) is 7.11 Å². The molecule has 6 heteroatoms. The van der Waals surface area contributed by atoms with Crippen molar-refractivity contribution in [1.82, 2.24) is 15.3 Å². The first kappa shape index (κ1) is 18.3. The summed E-state index contributed by atoms with van der Waals surface area (Å²) in [4.78, 5) is 20.5. The highest BCUT2D eigenvalue weighted by Gasteiger charge is 2.20. The number of rotatable bonds is 5. The Bertz CT molecular complexity index is 1130. The lowest BCUT2D eigenvalue weighted by Crippen LogP contribution is -2.29. The molecule has 0 saturated heterocycles. The maximum absolute atomic E-state index is 13.1. The van der Waals surface area contributed by atoms with E-state index in [1.807, 2.05) is 60.7 Å². The fourth-order valence-electron chi connectivity index (χ4n) is 3.15. The zero-order valence-corrected chi connectivity index (χ0v) is 16.7. The maximum atomic E-state index is 13.1. The zero-order valence-electron chi connectivity index (χ0n) is 15.1. The van der Waals surface area contributed by atoms with Gasteiger partial charge in [0.05, 0.1) is 36.1 Å². The van der Waals surface area contributed by atoms with Gasteiger partial charge in [-0.25, -0.2) is 4.98 Å². The second-order valence-electron chi connectivity index (χ2n) is 6.34. The molecule has 0 radical (unpaired) electrons. The number of nitrogens with one attached hydrogen (secondary N) is 2. The number of methoxy groups -OCH3 is 1. The van der Waals surface area contributed by atoms with E-state index < -0.39 is 0 Å². The molecule has 1 heterocycles. The van der Waals surface area contributed by atoms with Gasteiger partial charge in [-0.3, -0.25) is 4.79 Å². The van der Waals surface area contributed by atoms with Crippen LogP contribution in [-0.2, 0) is 0 Å². The Morgan fingerprint density at radius 2 is 1.89 bits per heavy atom. The lowest BCUT2D eigenvalue weighted by atomic mass is 9.97. The van der Waals surface area contributed by atoms with E-state index in [2.05, 4.69) is 31.2 Å². The summed E-state index contributed by atoms with van der Waals surface area (Å²) in [5.74, 6) is 0.438. The van der Waals surface area contributed by atoms with Gasteiger partial charge in [-0.1, -0.05) is 36.4 Å². The Morgan fingerprint density at radius 1 is 1.07 bits per heavy atom. The molecule has 0 spiro atoms. The maximum Gasteiger partial charge on any atom is 0.253 e. The molecule has 1 amide bonds. The zero-order chi connectivity index (χ0) is 19.5. The highest BCUT2D eigenvalue weighted by molar-refractivity contribution is 9.10. The number of carbonyl (C=O) groups is 1. The van der Waals surface area contributed by atoms with Crippen LogP contribution in [-0.4, -0.2) is 23.0 Å². The highest BCUT2D eigenvalue weighted by atomic mass is 79.9. The Kier molecular flexibility index (Phi) is 5.12. The second-order valence-corrected chi connectivity index (χ2v) is 7.20. The summed E-state index contributed by atoms with van der Waals surface area (Å²) in [5, 5.41) is 3.16. The van der Waals surface area contributed by atoms with Gasteiger partial charge in [0.2, 0.25) is 0 Å². The lowest BCUT2D eigenvalue weighted by molar-refractivity contribution is 0.0942. The van der Waals surface area contributed by atoms with Crippen molar-refractivity contribution in [3.05, 3.63) is 94.2 Å². The van der Waals surface area contributed by atoms with Crippen LogP contribution in [0.5, 0.6) is 5.75 Å². The minimum atomic E-state index is -0.306. The van der Waals surface area contributed by atoms with E-state index in [-0.39, 0.29) is 11.9 Å². The predicted molar refractivity (Wildman–Crippen MR) is 113 cm³/mol. The van der Waals surface area contributed by atoms with Crippen molar-refractivity contribution in [3.63, 3.8) is 0 Å². The van der Waals surface area contributed by atoms with E-state index in [9.17, 15) is 4.79 Å². The van der Waals surface area contributed by atoms with E-state index in [1.54, 1.807) is 19.5 Å². The first-order valence-corrected chi connectivity index (χ1v) is 9.57. The summed E-state index contributed by atoms with van der Waals surface area (Å²) in [5.41, 5.74) is 4.29. The Labute approximate surface area is 170 Å². The number of ether oxygens (including phenoxy) is 1. The topological polar surface area (TPSA) is 67.0 Å². The predicted octanol–water partition coefficient (Wildman–Crippen LogP) is 4.85. The van der Waals surface area contributed by atoms with Crippen LogP contribution in [0.2, 0.25) is 0 Å². The number of H-pyrrole nitrogens is 1. The molecule has 0 aliphatic heterocycles. The van der Waals surface area contributed by atoms with Crippen LogP contribution in [0.15, 0.2) is 77.5 Å². The van der Waals surface area contributed by atoms with E-state index in [0.29, 0.717) is 15.8 Å². The van der Waals surface area contributed by atoms with Gasteiger partial charge in [0.1, 0.15) is 5.75 Å². The summed E-state index contributed by atoms with van der Waals surface area (Å²) in [6, 6.07) is 20.9. The Balaban J connectivity index is 1.73. The number of hydrogen-bond acceptors (Lipinski definition) is 3. The first-order valence-electron chi connectivity index (χ1n) is 8.78. The third-order valence-electron chi connectivity index (χ3n) is 4.60. The average Bonchev–Trinajstić information content (AvgIpc) is 3.20. The number of fused-ring (bicyclic) bond motifs is 1.